The van der Waals surface area contributed by atoms with Crippen LogP contribution in [0.1, 0.15) is 12.5 Å². The summed E-state index contributed by atoms with van der Waals surface area (Å²) in [5.74, 6) is -0.320. The van der Waals surface area contributed by atoms with Gasteiger partial charge in [0.2, 0.25) is 5.91 Å². The highest BCUT2D eigenvalue weighted by Crippen LogP contribution is 2.20. The van der Waals surface area contributed by atoms with E-state index in [4.69, 9.17) is 5.11 Å². The minimum atomic E-state index is -0.579. The lowest BCUT2D eigenvalue weighted by Gasteiger charge is -2.04. The summed E-state index contributed by atoms with van der Waals surface area (Å²) < 4.78 is 0. The van der Waals surface area contributed by atoms with Crippen molar-refractivity contribution in [1.82, 2.24) is 0 Å². The molecule has 0 unspecified atom stereocenters. The Morgan fingerprint density at radius 2 is 2.20 bits per heavy atom. The first-order valence-electron chi connectivity index (χ1n) is 4.19. The second-order valence-corrected chi connectivity index (χ2v) is 2.98. The Kier molecular flexibility index (Phi) is 3.35. The Labute approximate surface area is 85.7 Å². The Bertz CT molecular complexity index is 403. The zero-order valence-corrected chi connectivity index (χ0v) is 8.06. The Morgan fingerprint density at radius 1 is 1.53 bits per heavy atom. The predicted molar refractivity (Wildman–Crippen MR) is 53.3 cm³/mol. The van der Waals surface area contributed by atoms with E-state index in [1.807, 2.05) is 0 Å². The summed E-state index contributed by atoms with van der Waals surface area (Å²) in [6.07, 6.45) is 0. The van der Waals surface area contributed by atoms with Crippen LogP contribution in [0.15, 0.2) is 18.2 Å². The van der Waals surface area contributed by atoms with Crippen molar-refractivity contribution >= 4 is 17.3 Å². The number of nitrogens with one attached hydrogen (secondary N) is 1. The topological polar surface area (TPSA) is 92.5 Å². The molecule has 15 heavy (non-hydrogen) atoms. The standard InChI is InChI=1S/C9H10N2O4/c1-6(13)10-8-2-7(5-12)3-9(4-8)11(14)15/h2-4,12H,5H2,1H3,(H,10,13). The minimum absolute atomic E-state index is 0.162. The van der Waals surface area contributed by atoms with E-state index in [-0.39, 0.29) is 18.2 Å². The van der Waals surface area contributed by atoms with E-state index < -0.39 is 4.92 Å². The van der Waals surface area contributed by atoms with Gasteiger partial charge in [0.15, 0.2) is 0 Å². The first-order chi connectivity index (χ1) is 7.02. The lowest BCUT2D eigenvalue weighted by Crippen LogP contribution is -2.06. The van der Waals surface area contributed by atoms with Crippen molar-refractivity contribution in [3.05, 3.63) is 33.9 Å². The maximum atomic E-state index is 10.8. The number of carbonyl (C=O) groups is 1. The molecule has 0 heterocycles. The van der Waals surface area contributed by atoms with Gasteiger partial charge in [-0.2, -0.15) is 0 Å². The van der Waals surface area contributed by atoms with Crippen molar-refractivity contribution in [1.29, 1.82) is 0 Å². The smallest absolute Gasteiger partial charge is 0.271 e. The molecule has 6 heteroatoms. The van der Waals surface area contributed by atoms with E-state index in [9.17, 15) is 14.9 Å². The summed E-state index contributed by atoms with van der Waals surface area (Å²) in [6, 6.07) is 3.97. The van der Waals surface area contributed by atoms with Gasteiger partial charge in [0, 0.05) is 24.7 Å². The van der Waals surface area contributed by atoms with Gasteiger partial charge in [-0.05, 0) is 11.6 Å². The summed E-state index contributed by atoms with van der Waals surface area (Å²) in [6.45, 7) is 0.992. The molecule has 0 aliphatic rings. The number of nitro groups is 1. The average molecular weight is 210 g/mol. The number of anilines is 1. The van der Waals surface area contributed by atoms with Gasteiger partial charge in [-0.3, -0.25) is 14.9 Å². The van der Waals surface area contributed by atoms with Gasteiger partial charge in [-0.1, -0.05) is 0 Å². The minimum Gasteiger partial charge on any atom is -0.392 e. The van der Waals surface area contributed by atoms with Crippen LogP contribution in [0.5, 0.6) is 0 Å². The van der Waals surface area contributed by atoms with E-state index in [1.54, 1.807) is 0 Å². The molecule has 0 aliphatic carbocycles. The molecule has 6 nitrogen and oxygen atoms in total. The molecule has 0 radical (unpaired) electrons. The van der Waals surface area contributed by atoms with Crippen LogP contribution in [-0.2, 0) is 11.4 Å². The Morgan fingerprint density at radius 3 is 2.67 bits per heavy atom. The molecule has 1 amide bonds. The summed E-state index contributed by atoms with van der Waals surface area (Å²) in [7, 11) is 0. The molecular formula is C9H10N2O4. The molecule has 1 aromatic rings. The fourth-order valence-corrected chi connectivity index (χ4v) is 1.15. The number of non-ortho nitro benzene ring substituents is 1. The highest BCUT2D eigenvalue weighted by molar-refractivity contribution is 5.89. The fourth-order valence-electron chi connectivity index (χ4n) is 1.15. The van der Waals surface area contributed by atoms with Crippen molar-refractivity contribution in [2.24, 2.45) is 0 Å². The lowest BCUT2D eigenvalue weighted by molar-refractivity contribution is -0.384. The number of rotatable bonds is 3. The normalized spacial score (nSPS) is 9.73. The number of aliphatic hydroxyl groups is 1. The van der Waals surface area contributed by atoms with E-state index >= 15 is 0 Å². The molecule has 0 aromatic heterocycles. The third-order valence-electron chi connectivity index (χ3n) is 1.69. The van der Waals surface area contributed by atoms with Crippen LogP contribution in [0.4, 0.5) is 11.4 Å². The summed E-state index contributed by atoms with van der Waals surface area (Å²) in [5, 5.41) is 21.8. The number of aliphatic hydroxyl groups excluding tert-OH is 1. The van der Waals surface area contributed by atoms with E-state index in [2.05, 4.69) is 5.32 Å². The van der Waals surface area contributed by atoms with Crippen LogP contribution < -0.4 is 5.32 Å². The number of carbonyl (C=O) groups excluding carboxylic acids is 1. The third-order valence-corrected chi connectivity index (χ3v) is 1.69. The highest BCUT2D eigenvalue weighted by atomic mass is 16.6. The number of amides is 1. The number of nitro benzene ring substituents is 1. The molecule has 0 saturated carbocycles. The van der Waals surface area contributed by atoms with E-state index in [0.717, 1.165) is 0 Å². The maximum absolute atomic E-state index is 10.8. The van der Waals surface area contributed by atoms with Crippen molar-refractivity contribution in [2.45, 2.75) is 13.5 Å². The summed E-state index contributed by atoms with van der Waals surface area (Å²) >= 11 is 0. The SMILES string of the molecule is CC(=O)Nc1cc(CO)cc([N+](=O)[O-])c1. The molecule has 80 valence electrons. The number of nitrogens with zero attached hydrogens (tertiary/aromatic N) is 1. The van der Waals surface area contributed by atoms with Gasteiger partial charge < -0.3 is 10.4 Å². The van der Waals surface area contributed by atoms with Crippen molar-refractivity contribution in [3.63, 3.8) is 0 Å². The molecule has 2 N–H and O–H groups in total. The molecule has 0 aliphatic heterocycles. The van der Waals surface area contributed by atoms with Gasteiger partial charge >= 0.3 is 0 Å². The van der Waals surface area contributed by atoms with Crippen LogP contribution in [0.25, 0.3) is 0 Å². The molecule has 0 fully saturated rings. The Balaban J connectivity index is 3.11. The first kappa shape index (κ1) is 11.1. The molecule has 0 saturated heterocycles. The monoisotopic (exact) mass is 210 g/mol. The van der Waals surface area contributed by atoms with Gasteiger partial charge in [0.05, 0.1) is 11.5 Å². The van der Waals surface area contributed by atoms with Gasteiger partial charge in [-0.25, -0.2) is 0 Å². The second-order valence-electron chi connectivity index (χ2n) is 2.98. The van der Waals surface area contributed by atoms with E-state index in [0.29, 0.717) is 11.3 Å². The molecule has 0 spiro atoms. The quantitative estimate of drug-likeness (QED) is 0.576. The highest BCUT2D eigenvalue weighted by Gasteiger charge is 2.09. The summed E-state index contributed by atoms with van der Waals surface area (Å²) in [5.41, 5.74) is 0.527. The number of hydrogen-bond acceptors (Lipinski definition) is 4. The second kappa shape index (κ2) is 4.52. The average Bonchev–Trinajstić information content (AvgIpc) is 2.16. The van der Waals surface area contributed by atoms with Crippen LogP contribution in [0, 0.1) is 10.1 Å². The van der Waals surface area contributed by atoms with Crippen LogP contribution >= 0.6 is 0 Å². The largest absolute Gasteiger partial charge is 0.392 e. The van der Waals surface area contributed by atoms with Crippen LogP contribution in [-0.4, -0.2) is 15.9 Å². The zero-order valence-electron chi connectivity index (χ0n) is 8.06. The number of benzene rings is 1. The Hall–Kier alpha value is -1.95. The molecule has 1 aromatic carbocycles. The van der Waals surface area contributed by atoms with Crippen LogP contribution in [0.3, 0.4) is 0 Å². The third kappa shape index (κ3) is 3.03. The molecular weight excluding hydrogens is 200 g/mol. The van der Waals surface area contributed by atoms with Crippen LogP contribution in [0.2, 0.25) is 0 Å². The van der Waals surface area contributed by atoms with Gasteiger partial charge in [0.1, 0.15) is 0 Å². The van der Waals surface area contributed by atoms with Crippen molar-refractivity contribution < 1.29 is 14.8 Å². The van der Waals surface area contributed by atoms with Crippen molar-refractivity contribution in [3.8, 4) is 0 Å². The van der Waals surface area contributed by atoms with E-state index in [1.165, 1.54) is 25.1 Å². The first-order valence-corrected chi connectivity index (χ1v) is 4.19. The van der Waals surface area contributed by atoms with Gasteiger partial charge in [0.25, 0.3) is 5.69 Å². The zero-order chi connectivity index (χ0) is 11.4. The molecule has 0 atom stereocenters. The molecule has 0 bridgehead atoms. The van der Waals surface area contributed by atoms with Gasteiger partial charge in [-0.15, -0.1) is 0 Å². The number of hydrogen-bond donors (Lipinski definition) is 2. The molecule has 1 rings (SSSR count). The maximum Gasteiger partial charge on any atom is 0.271 e. The van der Waals surface area contributed by atoms with Crippen molar-refractivity contribution in [2.75, 3.05) is 5.32 Å². The predicted octanol–water partition coefficient (Wildman–Crippen LogP) is 1.05. The summed E-state index contributed by atoms with van der Waals surface area (Å²) in [4.78, 5) is 20.7. The lowest BCUT2D eigenvalue weighted by atomic mass is 10.2. The fraction of sp³-hybridized carbons (Fsp3) is 0.222.